The fourth-order valence-electron chi connectivity index (χ4n) is 1.87. The summed E-state index contributed by atoms with van der Waals surface area (Å²) in [4.78, 5) is 11.6. The zero-order chi connectivity index (χ0) is 14.8. The van der Waals surface area contributed by atoms with Gasteiger partial charge in [0.2, 0.25) is 0 Å². The molecule has 2 heterocycles. The molecule has 0 aromatic carbocycles. The van der Waals surface area contributed by atoms with Crippen molar-refractivity contribution in [1.29, 1.82) is 0 Å². The molecule has 0 aliphatic carbocycles. The van der Waals surface area contributed by atoms with Crippen LogP contribution in [0.2, 0.25) is 0 Å². The van der Waals surface area contributed by atoms with E-state index in [9.17, 15) is 4.79 Å². The van der Waals surface area contributed by atoms with Crippen molar-refractivity contribution in [2.45, 2.75) is 32.9 Å². The Kier molecular flexibility index (Phi) is 3.94. The number of hydrogen-bond donors (Lipinski definition) is 2. The van der Waals surface area contributed by atoms with Gasteiger partial charge in [-0.15, -0.1) is 0 Å². The number of aromatic amines is 1. The number of aryl methyl sites for hydroxylation is 1. The predicted octanol–water partition coefficient (Wildman–Crippen LogP) is 2.02. The van der Waals surface area contributed by atoms with E-state index in [4.69, 9.17) is 9.15 Å². The average Bonchev–Trinajstić information content (AvgIpc) is 3.03. The lowest BCUT2D eigenvalue weighted by Crippen LogP contribution is -2.46. The van der Waals surface area contributed by atoms with Crippen LogP contribution in [0, 0.1) is 6.92 Å². The van der Waals surface area contributed by atoms with Crippen molar-refractivity contribution >= 4 is 5.97 Å². The number of hydrogen-bond acceptors (Lipinski definition) is 5. The second kappa shape index (κ2) is 5.50. The lowest BCUT2D eigenvalue weighted by Gasteiger charge is -2.22. The van der Waals surface area contributed by atoms with Crippen molar-refractivity contribution in [2.24, 2.45) is 0 Å². The topological polar surface area (TPSA) is 80.1 Å². The van der Waals surface area contributed by atoms with Gasteiger partial charge in [-0.2, -0.15) is 5.10 Å². The molecule has 0 bridgehead atoms. The molecule has 0 atom stereocenters. The molecule has 108 valence electrons. The first kappa shape index (κ1) is 14.3. The molecule has 0 spiro atoms. The zero-order valence-electron chi connectivity index (χ0n) is 12.1. The largest absolute Gasteiger partial charge is 0.468 e. The molecule has 0 aliphatic rings. The maximum Gasteiger partial charge on any atom is 0.325 e. The van der Waals surface area contributed by atoms with Gasteiger partial charge in [-0.3, -0.25) is 15.2 Å². The van der Waals surface area contributed by atoms with E-state index < -0.39 is 5.54 Å². The van der Waals surface area contributed by atoms with Crippen molar-refractivity contribution in [2.75, 3.05) is 7.11 Å². The fourth-order valence-corrected chi connectivity index (χ4v) is 1.87. The molecule has 0 unspecified atom stereocenters. The highest BCUT2D eigenvalue weighted by Crippen LogP contribution is 2.23. The Balaban J connectivity index is 2.12. The molecular weight excluding hydrogens is 258 g/mol. The van der Waals surface area contributed by atoms with Crippen LogP contribution in [0.5, 0.6) is 0 Å². The first-order valence-corrected chi connectivity index (χ1v) is 6.36. The molecule has 0 saturated carbocycles. The van der Waals surface area contributed by atoms with Gasteiger partial charge in [0, 0.05) is 12.1 Å². The van der Waals surface area contributed by atoms with E-state index in [1.165, 1.54) is 7.11 Å². The van der Waals surface area contributed by atoms with Crippen LogP contribution in [-0.4, -0.2) is 28.8 Å². The number of esters is 1. The number of rotatable bonds is 5. The molecule has 6 heteroatoms. The molecule has 2 aromatic rings. The summed E-state index contributed by atoms with van der Waals surface area (Å²) in [7, 11) is 1.38. The number of furan rings is 1. The fraction of sp³-hybridized carbons (Fsp3) is 0.429. The third-order valence-corrected chi connectivity index (χ3v) is 3.12. The van der Waals surface area contributed by atoms with E-state index in [1.54, 1.807) is 20.0 Å². The number of nitrogens with one attached hydrogen (secondary N) is 2. The van der Waals surface area contributed by atoms with Crippen LogP contribution in [0.25, 0.3) is 11.5 Å². The Hall–Kier alpha value is -2.08. The average molecular weight is 277 g/mol. The zero-order valence-corrected chi connectivity index (χ0v) is 12.1. The lowest BCUT2D eigenvalue weighted by molar-refractivity contribution is -0.147. The molecular formula is C14H19N3O3. The van der Waals surface area contributed by atoms with Gasteiger partial charge in [0.25, 0.3) is 0 Å². The molecule has 2 N–H and O–H groups in total. The summed E-state index contributed by atoms with van der Waals surface area (Å²) in [5.41, 5.74) is 0.977. The van der Waals surface area contributed by atoms with Crippen LogP contribution in [0.15, 0.2) is 22.7 Å². The highest BCUT2D eigenvalue weighted by atomic mass is 16.5. The number of H-pyrrole nitrogens is 1. The SMILES string of the molecule is COC(=O)C(C)(C)NCc1cn[nH]c1-c1ccc(C)o1. The maximum atomic E-state index is 11.6. The Morgan fingerprint density at radius 1 is 1.50 bits per heavy atom. The van der Waals surface area contributed by atoms with Crippen LogP contribution >= 0.6 is 0 Å². The van der Waals surface area contributed by atoms with Crippen molar-refractivity contribution in [1.82, 2.24) is 15.5 Å². The van der Waals surface area contributed by atoms with E-state index in [2.05, 4.69) is 15.5 Å². The van der Waals surface area contributed by atoms with Gasteiger partial charge >= 0.3 is 5.97 Å². The maximum absolute atomic E-state index is 11.6. The van der Waals surface area contributed by atoms with Crippen molar-refractivity contribution in [3.05, 3.63) is 29.7 Å². The van der Waals surface area contributed by atoms with Gasteiger partial charge in [0.05, 0.1) is 13.3 Å². The summed E-state index contributed by atoms with van der Waals surface area (Å²) in [6.07, 6.45) is 1.72. The second-order valence-electron chi connectivity index (χ2n) is 5.15. The monoisotopic (exact) mass is 277 g/mol. The Bertz CT molecular complexity index is 598. The normalized spacial score (nSPS) is 11.6. The standard InChI is InChI=1S/C14H19N3O3/c1-9-5-6-11(20-9)12-10(8-16-17-12)7-15-14(2,3)13(18)19-4/h5-6,8,15H,7H2,1-4H3,(H,16,17). The van der Waals surface area contributed by atoms with E-state index in [-0.39, 0.29) is 5.97 Å². The summed E-state index contributed by atoms with van der Waals surface area (Å²) in [5, 5.41) is 10.1. The summed E-state index contributed by atoms with van der Waals surface area (Å²) in [5.74, 6) is 1.26. The van der Waals surface area contributed by atoms with Gasteiger partial charge in [0.1, 0.15) is 17.0 Å². The highest BCUT2D eigenvalue weighted by molar-refractivity contribution is 5.79. The summed E-state index contributed by atoms with van der Waals surface area (Å²) < 4.78 is 10.3. The van der Waals surface area contributed by atoms with Gasteiger partial charge in [-0.25, -0.2) is 0 Å². The minimum absolute atomic E-state index is 0.309. The lowest BCUT2D eigenvalue weighted by atomic mass is 10.1. The van der Waals surface area contributed by atoms with Crippen molar-refractivity contribution in [3.63, 3.8) is 0 Å². The van der Waals surface area contributed by atoms with Gasteiger partial charge in [0.15, 0.2) is 5.76 Å². The summed E-state index contributed by atoms with van der Waals surface area (Å²) >= 11 is 0. The minimum Gasteiger partial charge on any atom is -0.468 e. The predicted molar refractivity (Wildman–Crippen MR) is 74.0 cm³/mol. The van der Waals surface area contributed by atoms with Crippen LogP contribution in [-0.2, 0) is 16.1 Å². The minimum atomic E-state index is -0.762. The highest BCUT2D eigenvalue weighted by Gasteiger charge is 2.28. The third-order valence-electron chi connectivity index (χ3n) is 3.12. The van der Waals surface area contributed by atoms with Gasteiger partial charge in [-0.05, 0) is 32.9 Å². The van der Waals surface area contributed by atoms with Crippen molar-refractivity contribution < 1.29 is 13.9 Å². The molecule has 0 fully saturated rings. The number of methoxy groups -OCH3 is 1. The second-order valence-corrected chi connectivity index (χ2v) is 5.15. The van der Waals surface area contributed by atoms with Crippen LogP contribution < -0.4 is 5.32 Å². The summed E-state index contributed by atoms with van der Waals surface area (Å²) in [6, 6.07) is 3.78. The van der Waals surface area contributed by atoms with E-state index in [1.807, 2.05) is 19.1 Å². The molecule has 0 saturated heterocycles. The van der Waals surface area contributed by atoms with E-state index >= 15 is 0 Å². The Morgan fingerprint density at radius 3 is 2.85 bits per heavy atom. The molecule has 2 rings (SSSR count). The van der Waals surface area contributed by atoms with Gasteiger partial charge < -0.3 is 9.15 Å². The molecule has 2 aromatic heterocycles. The number of carbonyl (C=O) groups excluding carboxylic acids is 1. The molecule has 20 heavy (non-hydrogen) atoms. The van der Waals surface area contributed by atoms with Crippen LogP contribution in [0.4, 0.5) is 0 Å². The Labute approximate surface area is 117 Å². The number of nitrogens with zero attached hydrogens (tertiary/aromatic N) is 1. The molecule has 0 amide bonds. The molecule has 0 aliphatic heterocycles. The first-order valence-electron chi connectivity index (χ1n) is 6.36. The van der Waals surface area contributed by atoms with E-state index in [0.717, 1.165) is 22.8 Å². The van der Waals surface area contributed by atoms with E-state index in [0.29, 0.717) is 6.54 Å². The quantitative estimate of drug-likeness (QED) is 0.817. The number of aromatic nitrogens is 2. The third kappa shape index (κ3) is 2.91. The first-order chi connectivity index (χ1) is 9.44. The van der Waals surface area contributed by atoms with Crippen LogP contribution in [0.3, 0.4) is 0 Å². The molecule has 0 radical (unpaired) electrons. The number of ether oxygens (including phenoxy) is 1. The molecule has 6 nitrogen and oxygen atoms in total. The smallest absolute Gasteiger partial charge is 0.325 e. The summed E-state index contributed by atoms with van der Waals surface area (Å²) in [6.45, 7) is 5.91. The van der Waals surface area contributed by atoms with Gasteiger partial charge in [-0.1, -0.05) is 0 Å². The van der Waals surface area contributed by atoms with Crippen LogP contribution in [0.1, 0.15) is 25.2 Å². The Morgan fingerprint density at radius 2 is 2.25 bits per heavy atom. The van der Waals surface area contributed by atoms with Crippen molar-refractivity contribution in [3.8, 4) is 11.5 Å². The number of carbonyl (C=O) groups is 1.